The summed E-state index contributed by atoms with van der Waals surface area (Å²) in [5.74, 6) is -4.68. The number of hydrogen-bond acceptors (Lipinski definition) is 6. The lowest BCUT2D eigenvalue weighted by Crippen LogP contribution is -2.35. The van der Waals surface area contributed by atoms with Crippen LogP contribution in [0.4, 0.5) is 24.7 Å². The van der Waals surface area contributed by atoms with Crippen molar-refractivity contribution in [1.29, 1.82) is 0 Å². The number of carbonyl (C=O) groups is 3. The maximum absolute atomic E-state index is 12.8. The maximum Gasteiger partial charge on any atom is 0.491 e. The molecule has 0 radical (unpaired) electrons. The Hall–Kier alpha value is -2.89. The van der Waals surface area contributed by atoms with Crippen molar-refractivity contribution in [2.45, 2.75) is 19.0 Å². The van der Waals surface area contributed by atoms with E-state index >= 15 is 0 Å². The van der Waals surface area contributed by atoms with Crippen LogP contribution < -0.4 is 20.7 Å². The molecule has 0 bridgehead atoms. The molecule has 2 aromatic rings. The number of alkyl halides is 3. The van der Waals surface area contributed by atoms with Crippen molar-refractivity contribution in [2.24, 2.45) is 5.92 Å². The number of rotatable bonds is 5. The largest absolute Gasteiger partial charge is 0.491 e. The fourth-order valence-electron chi connectivity index (χ4n) is 3.05. The minimum Gasteiger partial charge on any atom is -0.418 e. The van der Waals surface area contributed by atoms with Crippen LogP contribution in [0.5, 0.6) is 5.75 Å². The highest BCUT2D eigenvalue weighted by molar-refractivity contribution is 6.36. The van der Waals surface area contributed by atoms with Crippen molar-refractivity contribution in [2.75, 3.05) is 23.7 Å². The minimum atomic E-state index is -5.27. The smallest absolute Gasteiger partial charge is 0.418 e. The van der Waals surface area contributed by atoms with E-state index in [9.17, 15) is 27.6 Å². The molecule has 1 aliphatic rings. The van der Waals surface area contributed by atoms with Gasteiger partial charge < -0.3 is 20.7 Å². The normalized spacial score (nSPS) is 14.5. The van der Waals surface area contributed by atoms with Crippen molar-refractivity contribution in [3.05, 3.63) is 46.1 Å². The molecule has 0 spiro atoms. The molecule has 1 fully saturated rings. The van der Waals surface area contributed by atoms with Crippen LogP contribution in [0.2, 0.25) is 10.0 Å². The first kappa shape index (κ1) is 24.7. The Bertz CT molecular complexity index is 1060. The van der Waals surface area contributed by atoms with Gasteiger partial charge in [-0.1, -0.05) is 23.2 Å². The van der Waals surface area contributed by atoms with Crippen LogP contribution in [-0.2, 0) is 9.59 Å². The van der Waals surface area contributed by atoms with Gasteiger partial charge in [-0.15, -0.1) is 0 Å². The molecule has 0 saturated carbocycles. The van der Waals surface area contributed by atoms with Gasteiger partial charge in [0, 0.05) is 12.1 Å². The van der Waals surface area contributed by atoms with Gasteiger partial charge >= 0.3 is 12.1 Å². The number of halogens is 5. The van der Waals surface area contributed by atoms with Crippen LogP contribution in [0.25, 0.3) is 0 Å². The van der Waals surface area contributed by atoms with E-state index in [0.717, 1.165) is 12.1 Å². The van der Waals surface area contributed by atoms with Crippen molar-refractivity contribution >= 4 is 52.5 Å². The molecule has 33 heavy (non-hydrogen) atoms. The van der Waals surface area contributed by atoms with E-state index in [2.05, 4.69) is 25.7 Å². The number of esters is 1. The highest BCUT2D eigenvalue weighted by Gasteiger charge is 2.42. The summed E-state index contributed by atoms with van der Waals surface area (Å²) < 4.78 is 42.2. The third kappa shape index (κ3) is 6.34. The molecular formula is C20H17Cl2F3N4O4. The maximum atomic E-state index is 12.8. The number of ether oxygens (including phenoxy) is 1. The van der Waals surface area contributed by atoms with E-state index < -0.39 is 40.7 Å². The Balaban J connectivity index is 1.93. The average Bonchev–Trinajstić information content (AvgIpc) is 2.77. The van der Waals surface area contributed by atoms with Crippen molar-refractivity contribution < 1.29 is 32.3 Å². The Kier molecular flexibility index (Phi) is 7.77. The summed E-state index contributed by atoms with van der Waals surface area (Å²) in [6, 6.07) is 4.91. The van der Waals surface area contributed by atoms with Gasteiger partial charge in [0.1, 0.15) is 10.8 Å². The third-order valence-corrected chi connectivity index (χ3v) is 5.31. The Morgan fingerprint density at radius 3 is 2.36 bits per heavy atom. The summed E-state index contributed by atoms with van der Waals surface area (Å²) in [5, 5.41) is 7.88. The van der Waals surface area contributed by atoms with Crippen LogP contribution in [-0.4, -0.2) is 42.0 Å². The number of nitrogens with one attached hydrogen (secondary N) is 3. The zero-order chi connectivity index (χ0) is 24.2. The number of hydrogen-bond donors (Lipinski definition) is 3. The number of piperidine rings is 1. The van der Waals surface area contributed by atoms with Crippen LogP contribution >= 0.6 is 23.2 Å². The summed E-state index contributed by atoms with van der Waals surface area (Å²) in [7, 11) is 0. The van der Waals surface area contributed by atoms with Gasteiger partial charge in [-0.25, -0.2) is 9.78 Å². The summed E-state index contributed by atoms with van der Waals surface area (Å²) >= 11 is 11.9. The highest BCUT2D eigenvalue weighted by Crippen LogP contribution is 2.37. The number of anilines is 2. The summed E-state index contributed by atoms with van der Waals surface area (Å²) in [5.41, 5.74) is -0.468. The van der Waals surface area contributed by atoms with Gasteiger partial charge in [-0.3, -0.25) is 9.59 Å². The fraction of sp³-hybridized carbons (Fsp3) is 0.300. The highest BCUT2D eigenvalue weighted by atomic mass is 35.5. The molecule has 176 valence electrons. The number of pyridine rings is 1. The molecule has 3 rings (SSSR count). The van der Waals surface area contributed by atoms with E-state index in [1.807, 2.05) is 0 Å². The minimum absolute atomic E-state index is 0.128. The summed E-state index contributed by atoms with van der Waals surface area (Å²) in [4.78, 5) is 40.8. The lowest BCUT2D eigenvalue weighted by molar-refractivity contribution is -0.189. The van der Waals surface area contributed by atoms with E-state index in [-0.39, 0.29) is 17.1 Å². The van der Waals surface area contributed by atoms with Gasteiger partial charge in [0.25, 0.3) is 5.91 Å². The van der Waals surface area contributed by atoms with Crippen LogP contribution in [0.15, 0.2) is 30.5 Å². The molecule has 2 amide bonds. The number of benzene rings is 1. The lowest BCUT2D eigenvalue weighted by Gasteiger charge is -2.23. The zero-order valence-corrected chi connectivity index (χ0v) is 18.3. The number of aromatic nitrogens is 1. The quantitative estimate of drug-likeness (QED) is 0.418. The predicted octanol–water partition coefficient (Wildman–Crippen LogP) is 4.05. The second-order valence-electron chi connectivity index (χ2n) is 7.02. The predicted molar refractivity (Wildman–Crippen MR) is 115 cm³/mol. The van der Waals surface area contributed by atoms with Crippen molar-refractivity contribution in [3.8, 4) is 5.75 Å². The van der Waals surface area contributed by atoms with Gasteiger partial charge in [0.05, 0.1) is 16.3 Å². The Morgan fingerprint density at radius 1 is 1.06 bits per heavy atom. The number of amides is 2. The van der Waals surface area contributed by atoms with Gasteiger partial charge in [-0.05, 0) is 50.2 Å². The number of carbonyl (C=O) groups excluding carboxylic acids is 3. The van der Waals surface area contributed by atoms with E-state index in [1.165, 1.54) is 18.3 Å². The second-order valence-corrected chi connectivity index (χ2v) is 7.83. The molecule has 2 heterocycles. The Morgan fingerprint density at radius 2 is 1.76 bits per heavy atom. The standard InChI is InChI=1S/C20H17Cl2F3N4O4/c21-11-1-4-14(27-9-11)28-18(31)12-2-3-13(33-19(32)20(23,24)25)15(22)16(12)29-17(30)10-5-7-26-8-6-10/h1-4,9-10,26H,5-8H2,(H,29,30)(H,27,28,31). The zero-order valence-electron chi connectivity index (χ0n) is 16.8. The van der Waals surface area contributed by atoms with E-state index in [0.29, 0.717) is 31.0 Å². The van der Waals surface area contributed by atoms with E-state index in [1.54, 1.807) is 0 Å². The molecule has 0 unspecified atom stereocenters. The molecule has 1 saturated heterocycles. The first-order valence-corrected chi connectivity index (χ1v) is 10.4. The van der Waals surface area contributed by atoms with Gasteiger partial charge in [-0.2, -0.15) is 13.2 Å². The average molecular weight is 505 g/mol. The number of nitrogens with zero attached hydrogens (tertiary/aromatic N) is 1. The SMILES string of the molecule is O=C(Nc1ccc(Cl)cn1)c1ccc(OC(=O)C(F)(F)F)c(Cl)c1NC(=O)C1CCNCC1. The fourth-order valence-corrected chi connectivity index (χ4v) is 3.41. The topological polar surface area (TPSA) is 109 Å². The molecule has 0 aliphatic carbocycles. The molecule has 1 aromatic carbocycles. The Labute approximate surface area is 195 Å². The van der Waals surface area contributed by atoms with Gasteiger partial charge in [0.15, 0.2) is 5.75 Å². The summed E-state index contributed by atoms with van der Waals surface area (Å²) in [6.45, 7) is 1.20. The molecule has 3 N–H and O–H groups in total. The molecule has 0 atom stereocenters. The van der Waals surface area contributed by atoms with E-state index in [4.69, 9.17) is 23.2 Å². The molecule has 13 heteroatoms. The van der Waals surface area contributed by atoms with Crippen molar-refractivity contribution in [1.82, 2.24) is 10.3 Å². The summed E-state index contributed by atoms with van der Waals surface area (Å²) in [6.07, 6.45) is -2.94. The van der Waals surface area contributed by atoms with Crippen LogP contribution in [0, 0.1) is 5.92 Å². The molecule has 1 aliphatic heterocycles. The van der Waals surface area contributed by atoms with Crippen molar-refractivity contribution in [3.63, 3.8) is 0 Å². The first-order valence-electron chi connectivity index (χ1n) is 9.62. The molecular weight excluding hydrogens is 488 g/mol. The second kappa shape index (κ2) is 10.4. The monoisotopic (exact) mass is 504 g/mol. The first-order chi connectivity index (χ1) is 15.6. The van der Waals surface area contributed by atoms with Gasteiger partial charge in [0.2, 0.25) is 5.91 Å². The third-order valence-electron chi connectivity index (χ3n) is 4.71. The lowest BCUT2D eigenvalue weighted by atomic mass is 9.97. The molecule has 1 aromatic heterocycles. The van der Waals surface area contributed by atoms with Crippen LogP contribution in [0.3, 0.4) is 0 Å². The molecule has 8 nitrogen and oxygen atoms in total. The van der Waals surface area contributed by atoms with Crippen LogP contribution in [0.1, 0.15) is 23.2 Å².